The van der Waals surface area contributed by atoms with Crippen LogP contribution in [0.15, 0.2) is 60.7 Å². The van der Waals surface area contributed by atoms with Gasteiger partial charge in [-0.25, -0.2) is 0 Å². The Kier molecular flexibility index (Phi) is 8.62. The van der Waals surface area contributed by atoms with E-state index in [0.29, 0.717) is 17.1 Å². The number of aryl methyl sites for hydroxylation is 4. The van der Waals surface area contributed by atoms with E-state index < -0.39 is 18.5 Å². The largest absolute Gasteiger partial charge is 0.457 e. The van der Waals surface area contributed by atoms with Crippen molar-refractivity contribution in [3.05, 3.63) is 82.9 Å². The summed E-state index contributed by atoms with van der Waals surface area (Å²) >= 11 is 0. The topological polar surface area (TPSA) is 93.7 Å². The lowest BCUT2D eigenvalue weighted by Gasteiger charge is -2.12. The van der Waals surface area contributed by atoms with Crippen LogP contribution in [-0.2, 0) is 19.1 Å². The summed E-state index contributed by atoms with van der Waals surface area (Å²) < 4.78 is 11.0. The number of para-hydroxylation sites is 1. The molecule has 0 saturated carbocycles. The monoisotopic (exact) mass is 474 g/mol. The molecule has 0 aliphatic rings. The van der Waals surface area contributed by atoms with Gasteiger partial charge < -0.3 is 20.1 Å². The second-order valence-corrected chi connectivity index (χ2v) is 8.42. The molecule has 0 saturated heterocycles. The maximum absolute atomic E-state index is 12.2. The maximum atomic E-state index is 12.2. The molecular weight excluding hydrogens is 444 g/mol. The average molecular weight is 475 g/mol. The van der Waals surface area contributed by atoms with E-state index in [1.165, 1.54) is 0 Å². The van der Waals surface area contributed by atoms with Gasteiger partial charge in [-0.05, 0) is 74.7 Å². The van der Waals surface area contributed by atoms with E-state index in [0.717, 1.165) is 28.0 Å². The molecule has 0 aromatic heterocycles. The molecule has 7 nitrogen and oxygen atoms in total. The molecule has 3 rings (SSSR count). The van der Waals surface area contributed by atoms with Crippen LogP contribution in [0.3, 0.4) is 0 Å². The summed E-state index contributed by atoms with van der Waals surface area (Å²) in [7, 11) is 0. The third-order valence-corrected chi connectivity index (χ3v) is 5.34. The van der Waals surface area contributed by atoms with Gasteiger partial charge in [0.1, 0.15) is 11.5 Å². The van der Waals surface area contributed by atoms with Crippen molar-refractivity contribution in [2.75, 3.05) is 17.2 Å². The van der Waals surface area contributed by atoms with Crippen molar-refractivity contribution in [1.82, 2.24) is 0 Å². The number of hydrogen-bond acceptors (Lipinski definition) is 5. The van der Waals surface area contributed by atoms with Gasteiger partial charge in [-0.1, -0.05) is 35.9 Å². The first kappa shape index (κ1) is 25.5. The van der Waals surface area contributed by atoms with E-state index in [1.807, 2.05) is 58.0 Å². The lowest BCUT2D eigenvalue weighted by atomic mass is 10.1. The van der Waals surface area contributed by atoms with Gasteiger partial charge >= 0.3 is 5.97 Å². The highest BCUT2D eigenvalue weighted by Crippen LogP contribution is 2.29. The van der Waals surface area contributed by atoms with Crippen LogP contribution in [-0.4, -0.2) is 24.4 Å². The number of carbonyl (C=O) groups excluding carboxylic acids is 3. The van der Waals surface area contributed by atoms with Gasteiger partial charge in [-0.2, -0.15) is 0 Å². The van der Waals surface area contributed by atoms with Gasteiger partial charge in [-0.15, -0.1) is 0 Å². The Morgan fingerprint density at radius 3 is 2.09 bits per heavy atom. The fourth-order valence-corrected chi connectivity index (χ4v) is 3.48. The number of anilines is 2. The zero-order chi connectivity index (χ0) is 25.4. The summed E-state index contributed by atoms with van der Waals surface area (Å²) in [6.45, 7) is 7.42. The molecule has 0 radical (unpaired) electrons. The summed E-state index contributed by atoms with van der Waals surface area (Å²) in [5.74, 6) is 0.0879. The Labute approximate surface area is 205 Å². The molecule has 182 valence electrons. The Balaban J connectivity index is 1.40. The smallest absolute Gasteiger partial charge is 0.306 e. The quantitative estimate of drug-likeness (QED) is 0.393. The molecular formula is C28H30N2O5. The van der Waals surface area contributed by atoms with Crippen molar-refractivity contribution >= 4 is 29.2 Å². The van der Waals surface area contributed by atoms with Crippen LogP contribution in [0.1, 0.15) is 35.1 Å². The third kappa shape index (κ3) is 7.71. The molecule has 0 bridgehead atoms. The normalized spacial score (nSPS) is 10.4. The highest BCUT2D eigenvalue weighted by atomic mass is 16.5. The number of rotatable bonds is 9. The van der Waals surface area contributed by atoms with E-state index in [-0.39, 0.29) is 18.7 Å². The zero-order valence-electron chi connectivity index (χ0n) is 20.4. The number of carbonyl (C=O) groups is 3. The molecule has 3 aromatic rings. The Bertz CT molecular complexity index is 1200. The Morgan fingerprint density at radius 1 is 0.743 bits per heavy atom. The lowest BCUT2D eigenvalue weighted by molar-refractivity contribution is -0.147. The molecule has 0 heterocycles. The molecule has 7 heteroatoms. The van der Waals surface area contributed by atoms with Crippen LogP contribution in [0.4, 0.5) is 11.4 Å². The summed E-state index contributed by atoms with van der Waals surface area (Å²) in [4.78, 5) is 36.2. The highest BCUT2D eigenvalue weighted by Gasteiger charge is 2.12. The molecule has 0 unspecified atom stereocenters. The predicted molar refractivity (Wildman–Crippen MR) is 136 cm³/mol. The van der Waals surface area contributed by atoms with E-state index >= 15 is 0 Å². The molecule has 2 amide bonds. The van der Waals surface area contributed by atoms with Gasteiger partial charge in [0.05, 0.1) is 6.42 Å². The lowest BCUT2D eigenvalue weighted by Crippen LogP contribution is -2.22. The number of esters is 1. The fraction of sp³-hybridized carbons (Fsp3) is 0.250. The van der Waals surface area contributed by atoms with E-state index in [9.17, 15) is 14.4 Å². The van der Waals surface area contributed by atoms with Crippen LogP contribution < -0.4 is 15.4 Å². The fourth-order valence-electron chi connectivity index (χ4n) is 3.48. The van der Waals surface area contributed by atoms with Crippen LogP contribution in [0.5, 0.6) is 11.5 Å². The van der Waals surface area contributed by atoms with Gasteiger partial charge in [0.15, 0.2) is 6.61 Å². The van der Waals surface area contributed by atoms with Gasteiger partial charge in [0.2, 0.25) is 5.91 Å². The minimum Gasteiger partial charge on any atom is -0.457 e. The maximum Gasteiger partial charge on any atom is 0.306 e. The van der Waals surface area contributed by atoms with Crippen LogP contribution in [0.2, 0.25) is 0 Å². The first-order chi connectivity index (χ1) is 16.7. The number of ether oxygens (including phenoxy) is 2. The summed E-state index contributed by atoms with van der Waals surface area (Å²) in [5.41, 5.74) is 5.35. The van der Waals surface area contributed by atoms with E-state index in [2.05, 4.69) is 10.6 Å². The molecule has 3 aromatic carbocycles. The van der Waals surface area contributed by atoms with Crippen molar-refractivity contribution in [2.24, 2.45) is 0 Å². The Hall–Kier alpha value is -4.13. The highest BCUT2D eigenvalue weighted by molar-refractivity contribution is 5.94. The summed E-state index contributed by atoms with van der Waals surface area (Å²) in [6.07, 6.45) is -0.186. The summed E-state index contributed by atoms with van der Waals surface area (Å²) in [5, 5.41) is 5.45. The first-order valence-electron chi connectivity index (χ1n) is 11.4. The summed E-state index contributed by atoms with van der Waals surface area (Å²) in [6, 6.07) is 18.6. The molecule has 0 aliphatic carbocycles. The molecule has 2 N–H and O–H groups in total. The second-order valence-electron chi connectivity index (χ2n) is 8.42. The average Bonchev–Trinajstić information content (AvgIpc) is 2.82. The van der Waals surface area contributed by atoms with Gasteiger partial charge in [0.25, 0.3) is 5.91 Å². The SMILES string of the molecule is Cc1ccc(NC(=O)COC(=O)CCC(=O)Nc2ccc(Oc3c(C)cccc3C)cc2)c(C)c1. The minimum atomic E-state index is -0.617. The van der Waals surface area contributed by atoms with Crippen molar-refractivity contribution in [2.45, 2.75) is 40.5 Å². The van der Waals surface area contributed by atoms with E-state index in [4.69, 9.17) is 9.47 Å². The third-order valence-electron chi connectivity index (χ3n) is 5.34. The Morgan fingerprint density at radius 2 is 1.43 bits per heavy atom. The number of nitrogens with one attached hydrogen (secondary N) is 2. The van der Waals surface area contributed by atoms with Gasteiger partial charge in [-0.3, -0.25) is 14.4 Å². The van der Waals surface area contributed by atoms with Gasteiger partial charge in [0, 0.05) is 17.8 Å². The molecule has 35 heavy (non-hydrogen) atoms. The number of benzene rings is 3. The molecule has 0 fully saturated rings. The van der Waals surface area contributed by atoms with Crippen LogP contribution in [0, 0.1) is 27.7 Å². The van der Waals surface area contributed by atoms with E-state index in [1.54, 1.807) is 30.3 Å². The van der Waals surface area contributed by atoms with Crippen molar-refractivity contribution in [3.63, 3.8) is 0 Å². The molecule has 0 atom stereocenters. The minimum absolute atomic E-state index is 0.0574. The first-order valence-corrected chi connectivity index (χ1v) is 11.4. The van der Waals surface area contributed by atoms with Crippen molar-refractivity contribution in [3.8, 4) is 11.5 Å². The van der Waals surface area contributed by atoms with Crippen LogP contribution >= 0.6 is 0 Å². The van der Waals surface area contributed by atoms with Crippen molar-refractivity contribution in [1.29, 1.82) is 0 Å². The zero-order valence-corrected chi connectivity index (χ0v) is 20.4. The number of hydrogen-bond donors (Lipinski definition) is 2. The standard InChI is InChI=1S/C28H30N2O5/c1-18-8-13-24(21(4)16-18)30-26(32)17-34-27(33)15-14-25(31)29-22-9-11-23(12-10-22)35-28-19(2)6-5-7-20(28)3/h5-13,16H,14-15,17H2,1-4H3,(H,29,31)(H,30,32). The molecule has 0 spiro atoms. The number of amides is 2. The predicted octanol–water partition coefficient (Wildman–Crippen LogP) is 5.61. The second kappa shape index (κ2) is 11.8. The van der Waals surface area contributed by atoms with Crippen molar-refractivity contribution < 1.29 is 23.9 Å². The van der Waals surface area contributed by atoms with Crippen LogP contribution in [0.25, 0.3) is 0 Å². The molecule has 0 aliphatic heterocycles.